The van der Waals surface area contributed by atoms with E-state index >= 15 is 0 Å². The summed E-state index contributed by atoms with van der Waals surface area (Å²) in [6.07, 6.45) is 2.25. The van der Waals surface area contributed by atoms with Crippen LogP contribution in [0.25, 0.3) is 10.9 Å². The summed E-state index contributed by atoms with van der Waals surface area (Å²) in [6, 6.07) is 8.24. The monoisotopic (exact) mass is 314 g/mol. The van der Waals surface area contributed by atoms with Crippen LogP contribution in [0.15, 0.2) is 35.1 Å². The van der Waals surface area contributed by atoms with Crippen molar-refractivity contribution in [3.8, 4) is 0 Å². The number of amides is 1. The van der Waals surface area contributed by atoms with Crippen molar-refractivity contribution < 1.29 is 14.3 Å². The molecule has 2 aromatic rings. The number of hydrogen-bond acceptors (Lipinski definition) is 4. The molecule has 1 amide bonds. The molecule has 1 saturated carbocycles. The number of hydrogen-bond donors (Lipinski definition) is 2. The van der Waals surface area contributed by atoms with Crippen molar-refractivity contribution in [2.24, 2.45) is 5.92 Å². The molecule has 2 N–H and O–H groups in total. The lowest BCUT2D eigenvalue weighted by molar-refractivity contribution is -0.124. The van der Waals surface area contributed by atoms with Gasteiger partial charge in [-0.15, -0.1) is 0 Å². The molecule has 1 aliphatic rings. The molecule has 3 rings (SSSR count). The zero-order chi connectivity index (χ0) is 16.4. The molecule has 1 heterocycles. The van der Waals surface area contributed by atoms with Gasteiger partial charge in [0.1, 0.15) is 0 Å². The maximum atomic E-state index is 12.2. The van der Waals surface area contributed by atoms with E-state index in [4.69, 9.17) is 4.74 Å². The highest BCUT2D eigenvalue weighted by molar-refractivity contribution is 6.03. The Morgan fingerprint density at radius 3 is 2.83 bits per heavy atom. The summed E-state index contributed by atoms with van der Waals surface area (Å²) in [6.45, 7) is 1.60. The van der Waals surface area contributed by atoms with Crippen molar-refractivity contribution in [1.29, 1.82) is 0 Å². The van der Waals surface area contributed by atoms with Crippen LogP contribution >= 0.6 is 0 Å². The highest BCUT2D eigenvalue weighted by atomic mass is 16.5. The number of H-pyrrole nitrogens is 1. The van der Waals surface area contributed by atoms with Gasteiger partial charge >= 0.3 is 5.97 Å². The van der Waals surface area contributed by atoms with Crippen LogP contribution in [0.1, 0.15) is 30.1 Å². The molecule has 1 aliphatic carbocycles. The maximum absolute atomic E-state index is 12.2. The fourth-order valence-corrected chi connectivity index (χ4v) is 2.59. The van der Waals surface area contributed by atoms with Crippen LogP contribution in [0.3, 0.4) is 0 Å². The van der Waals surface area contributed by atoms with E-state index in [2.05, 4.69) is 10.3 Å². The first-order valence-electron chi connectivity index (χ1n) is 7.63. The van der Waals surface area contributed by atoms with Gasteiger partial charge in [0.25, 0.3) is 5.91 Å². The van der Waals surface area contributed by atoms with Crippen molar-refractivity contribution in [3.63, 3.8) is 0 Å². The molecule has 0 unspecified atom stereocenters. The Kier molecular flexibility index (Phi) is 4.14. The molecule has 23 heavy (non-hydrogen) atoms. The number of rotatable bonds is 5. The second kappa shape index (κ2) is 6.24. The molecule has 1 aromatic carbocycles. The molecule has 0 radical (unpaired) electrons. The highest BCUT2D eigenvalue weighted by Crippen LogP contribution is 2.32. The minimum absolute atomic E-state index is 0.0987. The Morgan fingerprint density at radius 1 is 1.35 bits per heavy atom. The number of carbonyl (C=O) groups is 2. The number of carbonyl (C=O) groups excluding carboxylic acids is 2. The lowest BCUT2D eigenvalue weighted by Crippen LogP contribution is -2.37. The molecular weight excluding hydrogens is 296 g/mol. The fraction of sp³-hybridized carbons (Fsp3) is 0.353. The zero-order valence-electron chi connectivity index (χ0n) is 12.8. The van der Waals surface area contributed by atoms with E-state index in [1.165, 1.54) is 6.07 Å². The van der Waals surface area contributed by atoms with Crippen LogP contribution in [0.5, 0.6) is 0 Å². The summed E-state index contributed by atoms with van der Waals surface area (Å²) in [4.78, 5) is 38.3. The summed E-state index contributed by atoms with van der Waals surface area (Å²) in [5, 5.41) is 3.40. The topological polar surface area (TPSA) is 88.3 Å². The van der Waals surface area contributed by atoms with E-state index in [-0.39, 0.29) is 29.7 Å². The summed E-state index contributed by atoms with van der Waals surface area (Å²) in [5.74, 6) is -0.473. The summed E-state index contributed by atoms with van der Waals surface area (Å²) in [5.41, 5.74) is 0.327. The molecule has 1 fully saturated rings. The van der Waals surface area contributed by atoms with Gasteiger partial charge in [-0.05, 0) is 31.7 Å². The van der Waals surface area contributed by atoms with Gasteiger partial charge < -0.3 is 15.0 Å². The Labute approximate surface area is 132 Å². The van der Waals surface area contributed by atoms with E-state index in [1.54, 1.807) is 24.3 Å². The average molecular weight is 314 g/mol. The molecule has 1 aromatic heterocycles. The lowest BCUT2D eigenvalue weighted by atomic mass is 10.1. The van der Waals surface area contributed by atoms with Gasteiger partial charge in [-0.25, -0.2) is 4.79 Å². The summed E-state index contributed by atoms with van der Waals surface area (Å²) < 4.78 is 5.05. The third-order valence-electron chi connectivity index (χ3n) is 4.02. The summed E-state index contributed by atoms with van der Waals surface area (Å²) in [7, 11) is 0. The van der Waals surface area contributed by atoms with Crippen LogP contribution in [-0.2, 0) is 9.53 Å². The Hall–Kier alpha value is -2.63. The van der Waals surface area contributed by atoms with E-state index in [0.29, 0.717) is 16.8 Å². The van der Waals surface area contributed by atoms with E-state index in [1.807, 2.05) is 6.92 Å². The highest BCUT2D eigenvalue weighted by Gasteiger charge is 2.29. The Bertz CT molecular complexity index is 808. The molecule has 6 nitrogen and oxygen atoms in total. The average Bonchev–Trinajstić information content (AvgIpc) is 3.36. The van der Waals surface area contributed by atoms with Crippen molar-refractivity contribution in [2.75, 3.05) is 6.61 Å². The first-order chi connectivity index (χ1) is 11.0. The number of pyridine rings is 1. The van der Waals surface area contributed by atoms with Gasteiger partial charge in [0, 0.05) is 23.0 Å². The molecule has 0 bridgehead atoms. The number of nitrogens with one attached hydrogen (secondary N) is 2. The molecule has 0 saturated heterocycles. The first kappa shape index (κ1) is 15.3. The van der Waals surface area contributed by atoms with Crippen LogP contribution in [0.4, 0.5) is 0 Å². The van der Waals surface area contributed by atoms with Crippen molar-refractivity contribution in [3.05, 3.63) is 46.2 Å². The fourth-order valence-electron chi connectivity index (χ4n) is 2.59. The van der Waals surface area contributed by atoms with Gasteiger partial charge in [0.2, 0.25) is 5.56 Å². The minimum Gasteiger partial charge on any atom is -0.452 e. The van der Waals surface area contributed by atoms with Crippen LogP contribution in [0, 0.1) is 5.92 Å². The third-order valence-corrected chi connectivity index (χ3v) is 4.02. The predicted molar refractivity (Wildman–Crippen MR) is 85.2 cm³/mol. The number of aromatic amines is 1. The Morgan fingerprint density at radius 2 is 2.09 bits per heavy atom. The maximum Gasteiger partial charge on any atom is 0.339 e. The summed E-state index contributed by atoms with van der Waals surface area (Å²) >= 11 is 0. The second-order valence-corrected chi connectivity index (χ2v) is 5.86. The quantitative estimate of drug-likeness (QED) is 0.821. The molecule has 1 atom stereocenters. The van der Waals surface area contributed by atoms with Crippen LogP contribution in [0.2, 0.25) is 0 Å². The van der Waals surface area contributed by atoms with Gasteiger partial charge in [0.05, 0.1) is 5.56 Å². The van der Waals surface area contributed by atoms with E-state index < -0.39 is 5.97 Å². The van der Waals surface area contributed by atoms with Crippen molar-refractivity contribution >= 4 is 22.8 Å². The van der Waals surface area contributed by atoms with Gasteiger partial charge in [-0.2, -0.15) is 0 Å². The van der Waals surface area contributed by atoms with Crippen molar-refractivity contribution in [2.45, 2.75) is 25.8 Å². The lowest BCUT2D eigenvalue weighted by Gasteiger charge is -2.13. The first-order valence-corrected chi connectivity index (χ1v) is 7.63. The third kappa shape index (κ3) is 3.59. The van der Waals surface area contributed by atoms with Crippen molar-refractivity contribution in [1.82, 2.24) is 10.3 Å². The number of ether oxygens (including phenoxy) is 1. The zero-order valence-corrected chi connectivity index (χ0v) is 12.8. The Balaban J connectivity index is 1.68. The van der Waals surface area contributed by atoms with Gasteiger partial charge in [0.15, 0.2) is 6.61 Å². The van der Waals surface area contributed by atoms with E-state index in [0.717, 1.165) is 12.8 Å². The minimum atomic E-state index is -0.679. The standard InChI is InChI=1S/C17H18N2O4/c1-10(11-6-7-11)18-16(21)9-23-17(22)13-8-15(20)19-14-5-3-2-4-12(13)14/h2-5,8,10-11H,6-7,9H2,1H3,(H,18,21)(H,19,20)/t10-/m1/s1. The van der Waals surface area contributed by atoms with Gasteiger partial charge in [-0.1, -0.05) is 18.2 Å². The molecule has 0 aliphatic heterocycles. The number of benzene rings is 1. The number of aromatic nitrogens is 1. The second-order valence-electron chi connectivity index (χ2n) is 5.86. The van der Waals surface area contributed by atoms with Crippen LogP contribution < -0.4 is 10.9 Å². The molecule has 0 spiro atoms. The smallest absolute Gasteiger partial charge is 0.339 e. The number of fused-ring (bicyclic) bond motifs is 1. The largest absolute Gasteiger partial charge is 0.452 e. The van der Waals surface area contributed by atoms with Crippen LogP contribution in [-0.4, -0.2) is 29.5 Å². The normalized spacial score (nSPS) is 15.2. The predicted octanol–water partition coefficient (Wildman–Crippen LogP) is 1.60. The van der Waals surface area contributed by atoms with Gasteiger partial charge in [-0.3, -0.25) is 9.59 Å². The number of para-hydroxylation sites is 1. The van der Waals surface area contributed by atoms with E-state index in [9.17, 15) is 14.4 Å². The molecular formula is C17H18N2O4. The molecule has 120 valence electrons. The number of esters is 1. The molecule has 6 heteroatoms. The SMILES string of the molecule is C[C@@H](NC(=O)COC(=O)c1cc(=O)[nH]c2ccccc12)C1CC1.